The average molecular weight is 308 g/mol. The van der Waals surface area contributed by atoms with E-state index in [1.54, 1.807) is 14.2 Å². The van der Waals surface area contributed by atoms with Crippen LogP contribution in [0.1, 0.15) is 11.1 Å². The van der Waals surface area contributed by atoms with Gasteiger partial charge in [-0.05, 0) is 49.2 Å². The van der Waals surface area contributed by atoms with Crippen molar-refractivity contribution in [1.29, 1.82) is 0 Å². The summed E-state index contributed by atoms with van der Waals surface area (Å²) in [6.07, 6.45) is 0. The summed E-state index contributed by atoms with van der Waals surface area (Å²) < 4.78 is 10.7. The first-order valence-electron chi connectivity index (χ1n) is 7.48. The third-order valence-corrected chi connectivity index (χ3v) is 3.82. The van der Waals surface area contributed by atoms with Crippen LogP contribution >= 0.6 is 0 Å². The zero-order valence-electron chi connectivity index (χ0n) is 13.8. The molecule has 0 bridgehead atoms. The minimum atomic E-state index is 0.747. The molecule has 0 saturated carbocycles. The fourth-order valence-electron chi connectivity index (χ4n) is 2.55. The minimum absolute atomic E-state index is 0.747. The number of ether oxygens (including phenoxy) is 2. The van der Waals surface area contributed by atoms with Gasteiger partial charge in [-0.3, -0.25) is 0 Å². The number of fused-ring (bicyclic) bond motifs is 1. The van der Waals surface area contributed by atoms with Crippen molar-refractivity contribution in [2.45, 2.75) is 13.8 Å². The first-order valence-corrected chi connectivity index (χ1v) is 7.48. The van der Waals surface area contributed by atoms with Crippen molar-refractivity contribution in [3.8, 4) is 11.5 Å². The van der Waals surface area contributed by atoms with Gasteiger partial charge < -0.3 is 14.8 Å². The quantitative estimate of drug-likeness (QED) is 0.764. The van der Waals surface area contributed by atoms with E-state index in [1.807, 2.05) is 25.1 Å². The Morgan fingerprint density at radius 1 is 0.913 bits per heavy atom. The molecule has 0 saturated heterocycles. The second-order valence-electron chi connectivity index (χ2n) is 5.54. The van der Waals surface area contributed by atoms with Crippen molar-refractivity contribution in [3.05, 3.63) is 53.6 Å². The molecule has 2 aromatic carbocycles. The first-order chi connectivity index (χ1) is 11.1. The van der Waals surface area contributed by atoms with Gasteiger partial charge in [0.2, 0.25) is 0 Å². The molecule has 0 aliphatic rings. The lowest BCUT2D eigenvalue weighted by Gasteiger charge is -2.14. The van der Waals surface area contributed by atoms with Crippen LogP contribution in [0.4, 0.5) is 11.5 Å². The van der Waals surface area contributed by atoms with Gasteiger partial charge in [-0.2, -0.15) is 0 Å². The van der Waals surface area contributed by atoms with Crippen LogP contribution in [-0.2, 0) is 0 Å². The Morgan fingerprint density at radius 2 is 1.74 bits per heavy atom. The zero-order valence-corrected chi connectivity index (χ0v) is 13.8. The zero-order chi connectivity index (χ0) is 16.4. The molecular weight excluding hydrogens is 288 g/mol. The van der Waals surface area contributed by atoms with Gasteiger partial charge in [0.15, 0.2) is 0 Å². The SMILES string of the molecule is COc1ccc(OC)c(Nc2nc3cc(C)ccc3cc2C)c1. The second-order valence-corrected chi connectivity index (χ2v) is 5.54. The van der Waals surface area contributed by atoms with E-state index in [0.29, 0.717) is 0 Å². The molecule has 23 heavy (non-hydrogen) atoms. The fraction of sp³-hybridized carbons (Fsp3) is 0.211. The molecule has 3 rings (SSSR count). The number of hydrogen-bond acceptors (Lipinski definition) is 4. The largest absolute Gasteiger partial charge is 0.497 e. The van der Waals surface area contributed by atoms with Crippen molar-refractivity contribution in [2.75, 3.05) is 19.5 Å². The van der Waals surface area contributed by atoms with E-state index in [2.05, 4.69) is 36.5 Å². The van der Waals surface area contributed by atoms with Crippen LogP contribution in [0, 0.1) is 13.8 Å². The molecule has 4 nitrogen and oxygen atoms in total. The number of methoxy groups -OCH3 is 2. The number of aromatic nitrogens is 1. The Kier molecular flexibility index (Phi) is 4.06. The van der Waals surface area contributed by atoms with E-state index in [9.17, 15) is 0 Å². The van der Waals surface area contributed by atoms with E-state index in [0.717, 1.165) is 39.5 Å². The highest BCUT2D eigenvalue weighted by atomic mass is 16.5. The highest BCUT2D eigenvalue weighted by Crippen LogP contribution is 2.32. The number of nitrogens with one attached hydrogen (secondary N) is 1. The van der Waals surface area contributed by atoms with Gasteiger partial charge in [-0.1, -0.05) is 12.1 Å². The molecule has 1 N–H and O–H groups in total. The Morgan fingerprint density at radius 3 is 2.48 bits per heavy atom. The fourth-order valence-corrected chi connectivity index (χ4v) is 2.55. The number of aryl methyl sites for hydroxylation is 2. The molecule has 0 amide bonds. The molecule has 0 radical (unpaired) electrons. The summed E-state index contributed by atoms with van der Waals surface area (Å²) in [7, 11) is 3.30. The highest BCUT2D eigenvalue weighted by Gasteiger charge is 2.09. The molecule has 0 unspecified atom stereocenters. The normalized spacial score (nSPS) is 10.6. The van der Waals surface area contributed by atoms with Crippen LogP contribution < -0.4 is 14.8 Å². The van der Waals surface area contributed by atoms with E-state index in [4.69, 9.17) is 14.5 Å². The van der Waals surface area contributed by atoms with Gasteiger partial charge in [0.1, 0.15) is 17.3 Å². The smallest absolute Gasteiger partial charge is 0.142 e. The standard InChI is InChI=1S/C19H20N2O2/c1-12-5-6-14-10-13(2)19(20-16(14)9-12)21-17-11-15(22-3)7-8-18(17)23-4/h5-11H,1-4H3,(H,20,21). The van der Waals surface area contributed by atoms with Crippen molar-refractivity contribution >= 4 is 22.4 Å². The maximum absolute atomic E-state index is 5.42. The Bertz CT molecular complexity index is 859. The molecule has 0 fully saturated rings. The lowest BCUT2D eigenvalue weighted by Crippen LogP contribution is -2.00. The van der Waals surface area contributed by atoms with Gasteiger partial charge >= 0.3 is 0 Å². The third-order valence-electron chi connectivity index (χ3n) is 3.82. The minimum Gasteiger partial charge on any atom is -0.497 e. The monoisotopic (exact) mass is 308 g/mol. The highest BCUT2D eigenvalue weighted by molar-refractivity contribution is 5.83. The van der Waals surface area contributed by atoms with Gasteiger partial charge in [0.25, 0.3) is 0 Å². The first kappa shape index (κ1) is 15.2. The number of nitrogens with zero attached hydrogens (tertiary/aromatic N) is 1. The molecule has 0 atom stereocenters. The van der Waals surface area contributed by atoms with Crippen molar-refractivity contribution < 1.29 is 9.47 Å². The summed E-state index contributed by atoms with van der Waals surface area (Å²) in [4.78, 5) is 4.75. The van der Waals surface area contributed by atoms with Crippen LogP contribution in [0.3, 0.4) is 0 Å². The number of hydrogen-bond donors (Lipinski definition) is 1. The molecule has 1 heterocycles. The van der Waals surface area contributed by atoms with Crippen LogP contribution in [0.5, 0.6) is 11.5 Å². The topological polar surface area (TPSA) is 43.4 Å². The molecular formula is C19H20N2O2. The Labute approximate surface area is 136 Å². The molecule has 0 aliphatic heterocycles. The number of rotatable bonds is 4. The average Bonchev–Trinajstić information content (AvgIpc) is 2.55. The number of anilines is 2. The maximum atomic E-state index is 5.42. The van der Waals surface area contributed by atoms with Gasteiger partial charge in [0, 0.05) is 11.5 Å². The maximum Gasteiger partial charge on any atom is 0.142 e. The molecule has 1 aromatic heterocycles. The van der Waals surface area contributed by atoms with Crippen LogP contribution in [0.25, 0.3) is 10.9 Å². The van der Waals surface area contributed by atoms with Gasteiger partial charge in [-0.15, -0.1) is 0 Å². The molecule has 0 aliphatic carbocycles. The van der Waals surface area contributed by atoms with Crippen molar-refractivity contribution in [3.63, 3.8) is 0 Å². The Hall–Kier alpha value is -2.75. The lowest BCUT2D eigenvalue weighted by molar-refractivity contribution is 0.405. The van der Waals surface area contributed by atoms with E-state index in [-0.39, 0.29) is 0 Å². The predicted octanol–water partition coefficient (Wildman–Crippen LogP) is 4.61. The lowest BCUT2D eigenvalue weighted by atomic mass is 10.1. The second kappa shape index (κ2) is 6.16. The molecule has 3 aromatic rings. The summed E-state index contributed by atoms with van der Waals surface area (Å²) in [6.45, 7) is 4.11. The van der Waals surface area contributed by atoms with Crippen LogP contribution in [0.15, 0.2) is 42.5 Å². The Balaban J connectivity index is 2.05. The van der Waals surface area contributed by atoms with Crippen LogP contribution in [-0.4, -0.2) is 19.2 Å². The molecule has 0 spiro atoms. The number of pyridine rings is 1. The number of benzene rings is 2. The summed E-state index contributed by atoms with van der Waals surface area (Å²) in [5.41, 5.74) is 4.07. The molecule has 4 heteroatoms. The van der Waals surface area contributed by atoms with E-state index in [1.165, 1.54) is 5.56 Å². The summed E-state index contributed by atoms with van der Waals surface area (Å²) in [5.74, 6) is 2.33. The van der Waals surface area contributed by atoms with Crippen LogP contribution in [0.2, 0.25) is 0 Å². The molecule has 118 valence electrons. The van der Waals surface area contributed by atoms with E-state index < -0.39 is 0 Å². The van der Waals surface area contributed by atoms with Gasteiger partial charge in [-0.25, -0.2) is 4.98 Å². The third kappa shape index (κ3) is 3.06. The predicted molar refractivity (Wildman–Crippen MR) is 94.0 cm³/mol. The van der Waals surface area contributed by atoms with Crippen molar-refractivity contribution in [1.82, 2.24) is 4.98 Å². The van der Waals surface area contributed by atoms with Gasteiger partial charge in [0.05, 0.1) is 25.4 Å². The summed E-state index contributed by atoms with van der Waals surface area (Å²) in [5, 5.41) is 4.50. The van der Waals surface area contributed by atoms with Crippen molar-refractivity contribution in [2.24, 2.45) is 0 Å². The van der Waals surface area contributed by atoms with E-state index >= 15 is 0 Å². The summed E-state index contributed by atoms with van der Waals surface area (Å²) in [6, 6.07) is 14.1. The summed E-state index contributed by atoms with van der Waals surface area (Å²) >= 11 is 0.